The predicted molar refractivity (Wildman–Crippen MR) is 142 cm³/mol. The number of aliphatic hydroxyl groups is 2. The van der Waals surface area contributed by atoms with Crippen molar-refractivity contribution in [2.75, 3.05) is 18.4 Å². The fourth-order valence-corrected chi connectivity index (χ4v) is 4.89. The molecule has 192 valence electrons. The number of carbonyl (C=O) groups excluding carboxylic acids is 3. The van der Waals surface area contributed by atoms with E-state index in [1.807, 2.05) is 0 Å². The highest BCUT2D eigenvalue weighted by Crippen LogP contribution is 2.36. The first-order chi connectivity index (χ1) is 17.2. The van der Waals surface area contributed by atoms with Gasteiger partial charge >= 0.3 is 0 Å². The molecule has 37 heavy (non-hydrogen) atoms. The number of carbonyl (C=O) groups is 3. The minimum atomic E-state index is -0.883. The summed E-state index contributed by atoms with van der Waals surface area (Å²) in [5, 5.41) is 24.0. The van der Waals surface area contributed by atoms with Gasteiger partial charge in [-0.25, -0.2) is 0 Å². The summed E-state index contributed by atoms with van der Waals surface area (Å²) in [5.41, 5.74) is 4.17. The normalized spacial score (nSPS) is 21.0. The van der Waals surface area contributed by atoms with Crippen LogP contribution in [0.25, 0.3) is 0 Å². The van der Waals surface area contributed by atoms with E-state index in [0.717, 1.165) is 10.5 Å². The molecular formula is C28H28ClN3O5. The number of aliphatic imine (C=N–C) groups is 1. The Morgan fingerprint density at radius 3 is 2.54 bits per heavy atom. The first-order valence-electron chi connectivity index (χ1n) is 11.6. The van der Waals surface area contributed by atoms with E-state index < -0.39 is 24.0 Å². The van der Waals surface area contributed by atoms with Gasteiger partial charge < -0.3 is 15.5 Å². The standard InChI is InChI=1S/C27H24ClN3O5.CH4/c1-14(32)13-31-26(35)18-9-16-10-22(30-21(16)11-19(18)27(31)36)25-20(6-3-7-23(25)33)29-12-24(34)15-4-2-5-17(28)8-15;/h2-6,8-9,11,14,24,30,32,34H,7,10,12-13H2,1H3;1H4/t14-,24+;/m0./s1. The number of benzene rings is 2. The number of rotatable bonds is 5. The second-order valence-corrected chi connectivity index (χ2v) is 9.54. The maximum atomic E-state index is 12.9. The molecule has 2 heterocycles. The number of ketones is 1. The molecule has 0 aromatic heterocycles. The highest BCUT2D eigenvalue weighted by molar-refractivity contribution is 6.30. The van der Waals surface area contributed by atoms with Crippen LogP contribution in [-0.4, -0.2) is 57.6 Å². The minimum Gasteiger partial charge on any atom is -0.392 e. The lowest BCUT2D eigenvalue weighted by Crippen LogP contribution is -2.35. The van der Waals surface area contributed by atoms with Gasteiger partial charge in [0.15, 0.2) is 5.78 Å². The average molecular weight is 522 g/mol. The Hall–Kier alpha value is -3.59. The smallest absolute Gasteiger partial charge is 0.261 e. The van der Waals surface area contributed by atoms with Crippen LogP contribution in [0.3, 0.4) is 0 Å². The Kier molecular flexibility index (Phi) is 7.45. The van der Waals surface area contributed by atoms with Crippen LogP contribution >= 0.6 is 11.6 Å². The summed E-state index contributed by atoms with van der Waals surface area (Å²) in [6.45, 7) is 1.50. The number of aliphatic hydroxyl groups excluding tert-OH is 2. The molecule has 0 saturated heterocycles. The number of amides is 2. The van der Waals surface area contributed by atoms with Crippen LogP contribution in [0.15, 0.2) is 64.8 Å². The van der Waals surface area contributed by atoms with E-state index in [4.69, 9.17) is 11.6 Å². The summed E-state index contributed by atoms with van der Waals surface area (Å²) in [4.78, 5) is 44.0. The van der Waals surface area contributed by atoms with Gasteiger partial charge in [-0.1, -0.05) is 37.2 Å². The van der Waals surface area contributed by atoms with Crippen molar-refractivity contribution in [1.29, 1.82) is 0 Å². The maximum absolute atomic E-state index is 12.9. The molecule has 0 bridgehead atoms. The van der Waals surface area contributed by atoms with Gasteiger partial charge in [0.2, 0.25) is 0 Å². The number of halogens is 1. The fourth-order valence-electron chi connectivity index (χ4n) is 4.69. The topological polar surface area (TPSA) is 119 Å². The molecule has 0 radical (unpaired) electrons. The number of anilines is 1. The molecule has 2 atom stereocenters. The summed E-state index contributed by atoms with van der Waals surface area (Å²) in [5.74, 6) is -0.990. The zero-order valence-corrected chi connectivity index (χ0v) is 20.2. The van der Waals surface area contributed by atoms with E-state index in [9.17, 15) is 24.6 Å². The number of Topliss-reactive ketones (excluding diaryl/α,β-unsaturated/α-hetero) is 1. The molecule has 2 aromatic rings. The molecule has 2 aliphatic heterocycles. The van der Waals surface area contributed by atoms with Crippen molar-refractivity contribution in [1.82, 2.24) is 4.90 Å². The number of fused-ring (bicyclic) bond motifs is 2. The Morgan fingerprint density at radius 1 is 1.11 bits per heavy atom. The molecule has 2 aromatic carbocycles. The summed E-state index contributed by atoms with van der Waals surface area (Å²) in [6, 6.07) is 10.2. The Balaban J connectivity index is 0.00000320. The zero-order valence-electron chi connectivity index (χ0n) is 19.5. The summed E-state index contributed by atoms with van der Waals surface area (Å²) >= 11 is 6.02. The number of imide groups is 1. The van der Waals surface area contributed by atoms with Crippen molar-refractivity contribution in [3.63, 3.8) is 0 Å². The second kappa shape index (κ2) is 10.4. The number of nitrogens with zero attached hydrogens (tertiary/aromatic N) is 2. The van der Waals surface area contributed by atoms with Crippen molar-refractivity contribution in [3.8, 4) is 0 Å². The van der Waals surface area contributed by atoms with Crippen molar-refractivity contribution in [3.05, 3.63) is 87.1 Å². The first-order valence-corrected chi connectivity index (χ1v) is 12.0. The molecule has 9 heteroatoms. The van der Waals surface area contributed by atoms with Crippen LogP contribution in [0.2, 0.25) is 5.02 Å². The van der Waals surface area contributed by atoms with Crippen LogP contribution < -0.4 is 5.32 Å². The van der Waals surface area contributed by atoms with Gasteiger partial charge in [-0.15, -0.1) is 0 Å². The number of nitrogens with one attached hydrogen (secondary N) is 1. The largest absolute Gasteiger partial charge is 0.392 e. The van der Waals surface area contributed by atoms with Gasteiger partial charge in [0.1, 0.15) is 0 Å². The number of β-amino-alcohol motifs (C(OH)–C–C–N with tert-alkyl or cyclic N) is 1. The lowest BCUT2D eigenvalue weighted by Gasteiger charge is -2.16. The van der Waals surface area contributed by atoms with Gasteiger partial charge in [0.05, 0.1) is 47.7 Å². The third-order valence-electron chi connectivity index (χ3n) is 6.38. The number of hydrogen-bond acceptors (Lipinski definition) is 7. The molecule has 5 rings (SSSR count). The van der Waals surface area contributed by atoms with Crippen molar-refractivity contribution >= 4 is 40.6 Å². The van der Waals surface area contributed by atoms with Gasteiger partial charge in [-0.2, -0.15) is 0 Å². The Labute approximate surface area is 220 Å². The Bertz CT molecular complexity index is 1350. The van der Waals surface area contributed by atoms with E-state index >= 15 is 0 Å². The molecule has 8 nitrogen and oxygen atoms in total. The maximum Gasteiger partial charge on any atom is 0.261 e. The second-order valence-electron chi connectivity index (χ2n) is 9.11. The quantitative estimate of drug-likeness (QED) is 0.406. The Morgan fingerprint density at radius 2 is 1.84 bits per heavy atom. The molecule has 0 unspecified atom stereocenters. The molecule has 0 spiro atoms. The minimum absolute atomic E-state index is 0. The predicted octanol–water partition coefficient (Wildman–Crippen LogP) is 3.88. The molecule has 2 amide bonds. The fraction of sp³-hybridized carbons (Fsp3) is 0.286. The van der Waals surface area contributed by atoms with Gasteiger partial charge in [0.25, 0.3) is 11.8 Å². The monoisotopic (exact) mass is 521 g/mol. The van der Waals surface area contributed by atoms with Gasteiger partial charge in [0, 0.05) is 29.2 Å². The van der Waals surface area contributed by atoms with E-state index in [2.05, 4.69) is 10.3 Å². The average Bonchev–Trinajstić information content (AvgIpc) is 3.35. The van der Waals surface area contributed by atoms with E-state index in [1.165, 1.54) is 6.92 Å². The highest BCUT2D eigenvalue weighted by Gasteiger charge is 2.38. The molecule has 0 fully saturated rings. The van der Waals surface area contributed by atoms with Crippen LogP contribution in [0.4, 0.5) is 5.69 Å². The van der Waals surface area contributed by atoms with Crippen molar-refractivity contribution in [2.45, 2.75) is 39.4 Å². The third-order valence-corrected chi connectivity index (χ3v) is 6.61. The number of hydrogen-bond donors (Lipinski definition) is 3. The summed E-state index contributed by atoms with van der Waals surface area (Å²) in [7, 11) is 0. The number of allylic oxidation sites excluding steroid dienone is 4. The SMILES string of the molecule is C.C[C@H](O)CN1C(=O)c2cc3c(cc2C1=O)NC(=C1C(=O)CC=CC1=NC[C@@H](O)c1cccc(Cl)c1)C3. The van der Waals surface area contributed by atoms with Gasteiger partial charge in [-0.05, 0) is 48.4 Å². The van der Waals surface area contributed by atoms with Crippen LogP contribution in [-0.2, 0) is 11.2 Å². The molecule has 1 aliphatic carbocycles. The lowest BCUT2D eigenvalue weighted by atomic mass is 9.93. The lowest BCUT2D eigenvalue weighted by molar-refractivity contribution is -0.114. The van der Waals surface area contributed by atoms with Crippen molar-refractivity contribution < 1.29 is 24.6 Å². The summed E-state index contributed by atoms with van der Waals surface area (Å²) < 4.78 is 0. The molecular weight excluding hydrogens is 494 g/mol. The molecule has 3 aliphatic rings. The van der Waals surface area contributed by atoms with Crippen molar-refractivity contribution in [2.24, 2.45) is 4.99 Å². The molecule has 0 saturated carbocycles. The van der Waals surface area contributed by atoms with Crippen LogP contribution in [0, 0.1) is 0 Å². The van der Waals surface area contributed by atoms with Gasteiger partial charge in [-0.3, -0.25) is 24.3 Å². The van der Waals surface area contributed by atoms with E-state index in [-0.39, 0.29) is 38.3 Å². The zero-order chi connectivity index (χ0) is 25.6. The highest BCUT2D eigenvalue weighted by atomic mass is 35.5. The van der Waals surface area contributed by atoms with Crippen LogP contribution in [0.5, 0.6) is 0 Å². The van der Waals surface area contributed by atoms with E-state index in [1.54, 1.807) is 48.6 Å². The van der Waals surface area contributed by atoms with E-state index in [0.29, 0.717) is 45.2 Å². The first kappa shape index (κ1) is 26.5. The van der Waals surface area contributed by atoms with Crippen LogP contribution in [0.1, 0.15) is 58.7 Å². The molecule has 3 N–H and O–H groups in total. The summed E-state index contributed by atoms with van der Waals surface area (Å²) in [6.07, 6.45) is 2.39. The third kappa shape index (κ3) is 5.00.